The quantitative estimate of drug-likeness (QED) is 0.130. The Bertz CT molecular complexity index is 1480. The summed E-state index contributed by atoms with van der Waals surface area (Å²) in [6.07, 6.45) is 3.82. The van der Waals surface area contributed by atoms with Crippen molar-refractivity contribution in [2.24, 2.45) is 0 Å². The Labute approximate surface area is 225 Å². The number of hydrogen-bond acceptors (Lipinski definition) is 6. The second-order valence-electron chi connectivity index (χ2n) is 8.50. The van der Waals surface area contributed by atoms with Crippen molar-refractivity contribution in [2.45, 2.75) is 6.42 Å². The van der Waals surface area contributed by atoms with Crippen LogP contribution in [0.4, 0.5) is 5.69 Å². The Kier molecular flexibility index (Phi) is 8.94. The molecule has 4 aromatic rings. The van der Waals surface area contributed by atoms with Crippen LogP contribution in [0.25, 0.3) is 23.0 Å². The fraction of sp³-hybridized carbons (Fsp3) is 0.138. The van der Waals surface area contributed by atoms with Crippen LogP contribution in [0.1, 0.15) is 22.3 Å². The second-order valence-corrected chi connectivity index (χ2v) is 8.50. The summed E-state index contributed by atoms with van der Waals surface area (Å²) in [6, 6.07) is 23.9. The van der Waals surface area contributed by atoms with Crippen LogP contribution in [-0.4, -0.2) is 46.8 Å². The molecule has 0 radical (unpaired) electrons. The number of non-ortho nitro benzene ring substituents is 1. The molecular weight excluding hydrogens is 498 g/mol. The van der Waals surface area contributed by atoms with Crippen molar-refractivity contribution in [3.63, 3.8) is 0 Å². The van der Waals surface area contributed by atoms with Gasteiger partial charge in [-0.2, -0.15) is 5.10 Å². The van der Waals surface area contributed by atoms with E-state index in [0.717, 1.165) is 5.69 Å². The molecule has 0 aliphatic heterocycles. The zero-order valence-corrected chi connectivity index (χ0v) is 21.2. The summed E-state index contributed by atoms with van der Waals surface area (Å²) in [5, 5.41) is 21.6. The molecule has 2 N–H and O–H groups in total. The summed E-state index contributed by atoms with van der Waals surface area (Å²) >= 11 is 0. The number of nitrogens with zero attached hydrogens (tertiary/aromatic N) is 3. The molecule has 0 spiro atoms. The first-order valence-electron chi connectivity index (χ1n) is 12.2. The van der Waals surface area contributed by atoms with E-state index in [0.29, 0.717) is 42.0 Å². The number of carbonyl (C=O) groups excluding carboxylic acids is 2. The van der Waals surface area contributed by atoms with Crippen LogP contribution in [0, 0.1) is 10.1 Å². The van der Waals surface area contributed by atoms with E-state index in [4.69, 9.17) is 4.74 Å². The molecule has 1 aromatic heterocycles. The maximum Gasteiger partial charge on any atom is 0.270 e. The first kappa shape index (κ1) is 27.0. The molecule has 10 nitrogen and oxygen atoms in total. The Hall–Kier alpha value is -5.09. The first-order valence-corrected chi connectivity index (χ1v) is 12.2. The zero-order valence-electron chi connectivity index (χ0n) is 21.2. The number of nitro benzene ring substituents is 1. The molecule has 0 saturated heterocycles. The summed E-state index contributed by atoms with van der Waals surface area (Å²) in [6.45, 7) is 0.808. The van der Waals surface area contributed by atoms with Crippen molar-refractivity contribution in [1.82, 2.24) is 20.4 Å². The number of nitrogens with one attached hydrogen (secondary N) is 2. The van der Waals surface area contributed by atoms with Crippen LogP contribution in [-0.2, 0) is 9.53 Å². The molecule has 1 heterocycles. The number of amides is 2. The third-order valence-electron chi connectivity index (χ3n) is 5.73. The van der Waals surface area contributed by atoms with E-state index >= 15 is 0 Å². The van der Waals surface area contributed by atoms with E-state index in [9.17, 15) is 19.7 Å². The highest BCUT2D eigenvalue weighted by Crippen LogP contribution is 2.28. The van der Waals surface area contributed by atoms with Crippen molar-refractivity contribution < 1.29 is 19.2 Å². The van der Waals surface area contributed by atoms with Gasteiger partial charge in [-0.05, 0) is 36.8 Å². The predicted molar refractivity (Wildman–Crippen MR) is 147 cm³/mol. The molecule has 2 amide bonds. The molecule has 198 valence electrons. The average Bonchev–Trinajstić information content (AvgIpc) is 3.39. The van der Waals surface area contributed by atoms with E-state index in [1.807, 2.05) is 30.3 Å². The van der Waals surface area contributed by atoms with Crippen molar-refractivity contribution in [3.8, 4) is 16.9 Å². The molecule has 10 heteroatoms. The lowest BCUT2D eigenvalue weighted by Gasteiger charge is -2.11. The van der Waals surface area contributed by atoms with Gasteiger partial charge in [0.2, 0.25) is 0 Å². The maximum atomic E-state index is 13.2. The Morgan fingerprint density at radius 2 is 1.74 bits per heavy atom. The second kappa shape index (κ2) is 12.9. The van der Waals surface area contributed by atoms with Crippen molar-refractivity contribution >= 4 is 23.6 Å². The van der Waals surface area contributed by atoms with Gasteiger partial charge in [-0.15, -0.1) is 0 Å². The van der Waals surface area contributed by atoms with Crippen LogP contribution in [0.2, 0.25) is 0 Å². The van der Waals surface area contributed by atoms with Crippen LogP contribution in [0.3, 0.4) is 0 Å². The number of aromatic nitrogens is 2. The molecule has 3 aromatic carbocycles. The summed E-state index contributed by atoms with van der Waals surface area (Å²) in [5.41, 5.74) is 2.42. The largest absolute Gasteiger partial charge is 0.385 e. The van der Waals surface area contributed by atoms with Gasteiger partial charge < -0.3 is 15.4 Å². The van der Waals surface area contributed by atoms with E-state index in [1.165, 1.54) is 18.2 Å². The first-order chi connectivity index (χ1) is 19.0. The molecule has 0 aliphatic carbocycles. The summed E-state index contributed by atoms with van der Waals surface area (Å²) in [7, 11) is 1.58. The highest BCUT2D eigenvalue weighted by atomic mass is 16.6. The highest BCUT2D eigenvalue weighted by Gasteiger charge is 2.19. The van der Waals surface area contributed by atoms with Crippen molar-refractivity contribution in [2.75, 3.05) is 20.3 Å². The number of nitro groups is 1. The molecule has 0 unspecified atom stereocenters. The molecule has 39 heavy (non-hydrogen) atoms. The van der Waals surface area contributed by atoms with Gasteiger partial charge >= 0.3 is 0 Å². The van der Waals surface area contributed by atoms with Crippen LogP contribution >= 0.6 is 0 Å². The molecule has 0 fully saturated rings. The van der Waals surface area contributed by atoms with E-state index in [2.05, 4.69) is 15.7 Å². The minimum Gasteiger partial charge on any atom is -0.385 e. The highest BCUT2D eigenvalue weighted by molar-refractivity contribution is 6.05. The summed E-state index contributed by atoms with van der Waals surface area (Å²) in [4.78, 5) is 37.1. The number of methoxy groups -OCH3 is 1. The van der Waals surface area contributed by atoms with Crippen molar-refractivity contribution in [3.05, 3.63) is 118 Å². The minimum atomic E-state index is -0.493. The van der Waals surface area contributed by atoms with E-state index in [-0.39, 0.29) is 11.4 Å². The van der Waals surface area contributed by atoms with Gasteiger partial charge in [0.05, 0.1) is 10.6 Å². The SMILES string of the molecule is COCCCNC(=O)/C(=C/c1cn(-c2ccccc2)nc1-c1cccc([N+](=O)[O-])c1)NC(=O)c1ccccc1. The lowest BCUT2D eigenvalue weighted by atomic mass is 10.1. The van der Waals surface area contributed by atoms with Crippen molar-refractivity contribution in [1.29, 1.82) is 0 Å². The van der Waals surface area contributed by atoms with Gasteiger partial charge in [0, 0.05) is 55.3 Å². The normalized spacial score (nSPS) is 11.2. The van der Waals surface area contributed by atoms with Crippen LogP contribution in [0.15, 0.2) is 96.8 Å². The maximum absolute atomic E-state index is 13.2. The molecule has 0 atom stereocenters. The van der Waals surface area contributed by atoms with Gasteiger partial charge in [-0.1, -0.05) is 48.5 Å². The lowest BCUT2D eigenvalue weighted by Crippen LogP contribution is -2.35. The van der Waals surface area contributed by atoms with E-state index < -0.39 is 16.7 Å². The third-order valence-corrected chi connectivity index (χ3v) is 5.73. The summed E-state index contributed by atoms with van der Waals surface area (Å²) in [5.74, 6) is -0.950. The Morgan fingerprint density at radius 1 is 1.03 bits per heavy atom. The fourth-order valence-corrected chi connectivity index (χ4v) is 3.81. The zero-order chi connectivity index (χ0) is 27.6. The standard InChI is InChI=1S/C29H27N5O5/c1-39-17-9-16-30-29(36)26(31-28(35)21-10-4-2-5-11-21)19-23-20-33(24-13-6-3-7-14-24)32-27(23)22-12-8-15-25(18-22)34(37)38/h2-8,10-15,18-20H,9,16-17H2,1H3,(H,30,36)(H,31,35)/b26-19-. The molecular formula is C29H27N5O5. The molecule has 0 aliphatic rings. The number of carbonyl (C=O) groups is 2. The third kappa shape index (κ3) is 7.02. The van der Waals surface area contributed by atoms with Crippen LogP contribution in [0.5, 0.6) is 0 Å². The van der Waals surface area contributed by atoms with Gasteiger partial charge in [0.1, 0.15) is 11.4 Å². The number of benzene rings is 3. The Morgan fingerprint density at radius 3 is 2.44 bits per heavy atom. The Balaban J connectivity index is 1.79. The molecule has 0 saturated carbocycles. The monoisotopic (exact) mass is 525 g/mol. The lowest BCUT2D eigenvalue weighted by molar-refractivity contribution is -0.384. The van der Waals surface area contributed by atoms with Gasteiger partial charge in [0.25, 0.3) is 17.5 Å². The average molecular weight is 526 g/mol. The topological polar surface area (TPSA) is 128 Å². The van der Waals surface area contributed by atoms with Crippen LogP contribution < -0.4 is 10.6 Å². The molecule has 0 bridgehead atoms. The summed E-state index contributed by atoms with van der Waals surface area (Å²) < 4.78 is 6.66. The number of hydrogen-bond donors (Lipinski definition) is 2. The molecule has 4 rings (SSSR count). The van der Waals surface area contributed by atoms with E-state index in [1.54, 1.807) is 60.5 Å². The van der Waals surface area contributed by atoms with Gasteiger partial charge in [0.15, 0.2) is 0 Å². The fourth-order valence-electron chi connectivity index (χ4n) is 3.81. The number of ether oxygens (including phenoxy) is 1. The minimum absolute atomic E-state index is 0.000521. The van der Waals surface area contributed by atoms with Gasteiger partial charge in [-0.25, -0.2) is 4.68 Å². The smallest absolute Gasteiger partial charge is 0.270 e. The predicted octanol–water partition coefficient (Wildman–Crippen LogP) is 4.37. The number of rotatable bonds is 11. The van der Waals surface area contributed by atoms with Gasteiger partial charge in [-0.3, -0.25) is 19.7 Å². The number of para-hydroxylation sites is 1.